The number of benzene rings is 2. The molecule has 2 N–H and O–H groups in total. The van der Waals surface area contributed by atoms with Crippen molar-refractivity contribution in [2.24, 2.45) is 0 Å². The molecule has 0 saturated heterocycles. The Morgan fingerprint density at radius 3 is 2.70 bits per heavy atom. The van der Waals surface area contributed by atoms with Crippen LogP contribution in [0.2, 0.25) is 5.02 Å². The van der Waals surface area contributed by atoms with E-state index in [1.807, 2.05) is 31.2 Å². The Balaban J connectivity index is 2.00. The Morgan fingerprint density at radius 1 is 1.26 bits per heavy atom. The number of nitrogens with one attached hydrogen (secondary N) is 2. The number of sulfonamides is 1. The van der Waals surface area contributed by atoms with E-state index in [0.717, 1.165) is 28.4 Å². The molecule has 142 valence electrons. The van der Waals surface area contributed by atoms with E-state index >= 15 is 0 Å². The van der Waals surface area contributed by atoms with Crippen LogP contribution < -0.4 is 9.62 Å². The van der Waals surface area contributed by atoms with Gasteiger partial charge in [-0.1, -0.05) is 23.2 Å². The summed E-state index contributed by atoms with van der Waals surface area (Å²) in [5.41, 5.74) is 3.90. The summed E-state index contributed by atoms with van der Waals surface area (Å²) in [6.45, 7) is 1.62. The van der Waals surface area contributed by atoms with E-state index < -0.39 is 10.0 Å². The van der Waals surface area contributed by atoms with Crippen molar-refractivity contribution in [2.45, 2.75) is 6.92 Å². The standard InChI is InChI=1S/C18H19ClN4O3S/c1-11-4-7-16(23(2)17(24)10-20-27(3,25)26)13(8-11)18-21-14-6-5-12(19)9-15(14)22-18/h4-9,20H,10H2,1-3H3,(H,21,22). The predicted octanol–water partition coefficient (Wildman–Crippen LogP) is 2.70. The maximum absolute atomic E-state index is 12.4. The van der Waals surface area contributed by atoms with Crippen LogP contribution in [0.3, 0.4) is 0 Å². The molecule has 0 spiro atoms. The third-order valence-corrected chi connectivity index (χ3v) is 4.98. The molecule has 0 aliphatic heterocycles. The Labute approximate surface area is 162 Å². The number of hydrogen-bond acceptors (Lipinski definition) is 4. The van der Waals surface area contributed by atoms with Crippen LogP contribution >= 0.6 is 11.6 Å². The van der Waals surface area contributed by atoms with Gasteiger partial charge in [0, 0.05) is 17.6 Å². The molecule has 0 bridgehead atoms. The minimum Gasteiger partial charge on any atom is -0.338 e. The van der Waals surface area contributed by atoms with Gasteiger partial charge in [-0.25, -0.2) is 18.1 Å². The van der Waals surface area contributed by atoms with Crippen molar-refractivity contribution < 1.29 is 13.2 Å². The molecule has 2 aromatic carbocycles. The van der Waals surface area contributed by atoms with Gasteiger partial charge in [0.05, 0.1) is 29.5 Å². The molecule has 1 aromatic heterocycles. The van der Waals surface area contributed by atoms with Crippen LogP contribution in [0, 0.1) is 6.92 Å². The van der Waals surface area contributed by atoms with Crippen LogP contribution in [0.1, 0.15) is 5.56 Å². The lowest BCUT2D eigenvalue weighted by molar-refractivity contribution is -0.117. The Kier molecular flexibility index (Phi) is 5.23. The zero-order chi connectivity index (χ0) is 19.8. The highest BCUT2D eigenvalue weighted by molar-refractivity contribution is 7.88. The Morgan fingerprint density at radius 2 is 2.00 bits per heavy atom. The highest BCUT2D eigenvalue weighted by atomic mass is 35.5. The Hall–Kier alpha value is -2.42. The molecule has 0 aliphatic carbocycles. The highest BCUT2D eigenvalue weighted by Gasteiger charge is 2.19. The zero-order valence-electron chi connectivity index (χ0n) is 15.1. The third-order valence-electron chi connectivity index (χ3n) is 4.07. The van der Waals surface area contributed by atoms with Gasteiger partial charge >= 0.3 is 0 Å². The van der Waals surface area contributed by atoms with Gasteiger partial charge in [0.2, 0.25) is 15.9 Å². The molecule has 0 aliphatic rings. The number of likely N-dealkylation sites (N-methyl/N-ethyl adjacent to an activating group) is 1. The summed E-state index contributed by atoms with van der Waals surface area (Å²) in [6.07, 6.45) is 1.01. The second-order valence-corrected chi connectivity index (χ2v) is 8.58. The molecule has 27 heavy (non-hydrogen) atoms. The molecular formula is C18H19ClN4O3S. The van der Waals surface area contributed by atoms with E-state index in [9.17, 15) is 13.2 Å². The van der Waals surface area contributed by atoms with Gasteiger partial charge in [-0.15, -0.1) is 0 Å². The van der Waals surface area contributed by atoms with Crippen molar-refractivity contribution >= 4 is 44.3 Å². The summed E-state index contributed by atoms with van der Waals surface area (Å²) in [6, 6.07) is 11.0. The molecule has 1 heterocycles. The average Bonchev–Trinajstić information content (AvgIpc) is 3.01. The number of aryl methyl sites for hydroxylation is 1. The van der Waals surface area contributed by atoms with Crippen LogP contribution in [0.5, 0.6) is 0 Å². The summed E-state index contributed by atoms with van der Waals surface area (Å²) in [7, 11) is -1.86. The fraction of sp³-hybridized carbons (Fsp3) is 0.222. The summed E-state index contributed by atoms with van der Waals surface area (Å²) in [4.78, 5) is 21.7. The van der Waals surface area contributed by atoms with Crippen LogP contribution in [0.25, 0.3) is 22.4 Å². The molecule has 0 unspecified atom stereocenters. The van der Waals surface area contributed by atoms with E-state index in [1.54, 1.807) is 19.2 Å². The number of nitrogens with zero attached hydrogens (tertiary/aromatic N) is 2. The predicted molar refractivity (Wildman–Crippen MR) is 108 cm³/mol. The summed E-state index contributed by atoms with van der Waals surface area (Å²) in [5.74, 6) is 0.214. The normalized spacial score (nSPS) is 11.7. The van der Waals surface area contributed by atoms with Crippen LogP contribution in [0.15, 0.2) is 36.4 Å². The van der Waals surface area contributed by atoms with Gasteiger partial charge in [0.25, 0.3) is 0 Å². The van der Waals surface area contributed by atoms with Crippen LogP contribution in [-0.4, -0.2) is 44.1 Å². The Bertz CT molecular complexity index is 1120. The van der Waals surface area contributed by atoms with Crippen molar-refractivity contribution in [1.82, 2.24) is 14.7 Å². The minimum absolute atomic E-state index is 0.321. The van der Waals surface area contributed by atoms with Crippen molar-refractivity contribution in [3.63, 3.8) is 0 Å². The second kappa shape index (κ2) is 7.30. The monoisotopic (exact) mass is 406 g/mol. The molecule has 0 saturated carbocycles. The highest BCUT2D eigenvalue weighted by Crippen LogP contribution is 2.31. The fourth-order valence-electron chi connectivity index (χ4n) is 2.69. The summed E-state index contributed by atoms with van der Waals surface area (Å²) >= 11 is 6.04. The smallest absolute Gasteiger partial charge is 0.241 e. The summed E-state index contributed by atoms with van der Waals surface area (Å²) < 4.78 is 24.7. The first-order chi connectivity index (χ1) is 12.6. The first kappa shape index (κ1) is 19.3. The number of amides is 1. The molecular weight excluding hydrogens is 388 g/mol. The van der Waals surface area contributed by atoms with E-state index in [4.69, 9.17) is 11.6 Å². The molecule has 0 radical (unpaired) electrons. The van der Waals surface area contributed by atoms with Crippen molar-refractivity contribution in [1.29, 1.82) is 0 Å². The average molecular weight is 407 g/mol. The number of hydrogen-bond donors (Lipinski definition) is 2. The number of H-pyrrole nitrogens is 1. The number of halogens is 1. The third kappa shape index (κ3) is 4.47. The number of carbonyl (C=O) groups excluding carboxylic acids is 1. The van der Waals surface area contributed by atoms with Crippen molar-refractivity contribution in [3.8, 4) is 11.4 Å². The first-order valence-corrected chi connectivity index (χ1v) is 10.4. The van der Waals surface area contributed by atoms with Crippen molar-refractivity contribution in [3.05, 3.63) is 47.0 Å². The SMILES string of the molecule is Cc1ccc(N(C)C(=O)CNS(C)(=O)=O)c(-c2nc3ccc(Cl)cc3[nH]2)c1. The molecule has 0 fully saturated rings. The fourth-order valence-corrected chi connectivity index (χ4v) is 3.24. The number of anilines is 1. The molecule has 3 rings (SSSR count). The lowest BCUT2D eigenvalue weighted by Crippen LogP contribution is -2.38. The van der Waals surface area contributed by atoms with Gasteiger partial charge in [0.1, 0.15) is 5.82 Å². The maximum Gasteiger partial charge on any atom is 0.241 e. The molecule has 3 aromatic rings. The van der Waals surface area contributed by atoms with E-state index in [-0.39, 0.29) is 12.5 Å². The lowest BCUT2D eigenvalue weighted by atomic mass is 10.1. The van der Waals surface area contributed by atoms with E-state index in [1.165, 1.54) is 4.90 Å². The number of aromatic nitrogens is 2. The van der Waals surface area contributed by atoms with Crippen LogP contribution in [-0.2, 0) is 14.8 Å². The van der Waals surface area contributed by atoms with Gasteiger partial charge in [-0.2, -0.15) is 0 Å². The van der Waals surface area contributed by atoms with Gasteiger partial charge in [-0.05, 0) is 37.3 Å². The minimum atomic E-state index is -3.45. The van der Waals surface area contributed by atoms with Gasteiger partial charge in [0.15, 0.2) is 0 Å². The number of aromatic amines is 1. The van der Waals surface area contributed by atoms with Gasteiger partial charge < -0.3 is 9.88 Å². The molecule has 1 amide bonds. The molecule has 0 atom stereocenters. The maximum atomic E-state index is 12.4. The number of imidazole rings is 1. The zero-order valence-corrected chi connectivity index (χ0v) is 16.6. The molecule has 9 heteroatoms. The number of rotatable bonds is 5. The summed E-state index contributed by atoms with van der Waals surface area (Å²) in [5, 5.41) is 0.598. The van der Waals surface area contributed by atoms with Crippen LogP contribution in [0.4, 0.5) is 5.69 Å². The van der Waals surface area contributed by atoms with E-state index in [2.05, 4.69) is 14.7 Å². The first-order valence-electron chi connectivity index (χ1n) is 8.11. The largest absolute Gasteiger partial charge is 0.338 e. The number of fused-ring (bicyclic) bond motifs is 1. The molecule has 7 nitrogen and oxygen atoms in total. The van der Waals surface area contributed by atoms with Crippen molar-refractivity contribution in [2.75, 3.05) is 24.7 Å². The number of carbonyl (C=O) groups is 1. The van der Waals surface area contributed by atoms with E-state index in [0.29, 0.717) is 16.5 Å². The van der Waals surface area contributed by atoms with Gasteiger partial charge in [-0.3, -0.25) is 4.79 Å². The lowest BCUT2D eigenvalue weighted by Gasteiger charge is -2.20. The topological polar surface area (TPSA) is 95.2 Å². The second-order valence-electron chi connectivity index (χ2n) is 6.31. The quantitative estimate of drug-likeness (QED) is 0.681.